The van der Waals surface area contributed by atoms with Gasteiger partial charge in [-0.2, -0.15) is 11.8 Å². The van der Waals surface area contributed by atoms with Crippen molar-refractivity contribution < 1.29 is 9.15 Å². The fraction of sp³-hybridized carbons (Fsp3) is 0.706. The molecule has 2 atom stereocenters. The smallest absolute Gasteiger partial charge is 0.191 e. The van der Waals surface area contributed by atoms with Crippen LogP contribution in [0.1, 0.15) is 31.9 Å². The summed E-state index contributed by atoms with van der Waals surface area (Å²) in [6, 6.07) is 4.36. The van der Waals surface area contributed by atoms with Gasteiger partial charge < -0.3 is 19.8 Å². The van der Waals surface area contributed by atoms with Gasteiger partial charge in [-0.05, 0) is 44.1 Å². The molecule has 2 N–H and O–H groups in total. The summed E-state index contributed by atoms with van der Waals surface area (Å²) in [4.78, 5) is 4.69. The van der Waals surface area contributed by atoms with E-state index in [1.807, 2.05) is 23.9 Å². The molecule has 1 aromatic rings. The highest BCUT2D eigenvalue weighted by Gasteiger charge is 2.40. The first-order valence-corrected chi connectivity index (χ1v) is 9.74. The van der Waals surface area contributed by atoms with Crippen molar-refractivity contribution in [2.24, 2.45) is 4.99 Å². The minimum atomic E-state index is 0.103. The van der Waals surface area contributed by atoms with Gasteiger partial charge in [-0.1, -0.05) is 0 Å². The summed E-state index contributed by atoms with van der Waals surface area (Å²) in [5.74, 6) is 4.26. The van der Waals surface area contributed by atoms with Crippen molar-refractivity contribution in [2.75, 3.05) is 31.2 Å². The van der Waals surface area contributed by atoms with E-state index < -0.39 is 0 Å². The maximum absolute atomic E-state index is 6.09. The Morgan fingerprint density at radius 1 is 1.52 bits per heavy atom. The van der Waals surface area contributed by atoms with Gasteiger partial charge in [0.1, 0.15) is 5.76 Å². The largest absolute Gasteiger partial charge is 0.469 e. The standard InChI is InChI=1S/C17H27N3O2S/c1-2-18-16(19-8-5-15-4-3-9-21-15)20-14-6-10-22-17(12-14)7-11-23-13-17/h3-4,9,14H,2,5-8,10-13H2,1H3,(H2,18,19,20). The summed E-state index contributed by atoms with van der Waals surface area (Å²) in [5, 5.41) is 6.96. The Morgan fingerprint density at radius 3 is 3.22 bits per heavy atom. The molecule has 0 saturated carbocycles. The van der Waals surface area contributed by atoms with Crippen LogP contribution in [0.25, 0.3) is 0 Å². The number of rotatable bonds is 5. The molecule has 3 heterocycles. The number of nitrogens with zero attached hydrogens (tertiary/aromatic N) is 1. The molecule has 1 aromatic heterocycles. The number of aliphatic imine (C=N–C) groups is 1. The van der Waals surface area contributed by atoms with Gasteiger partial charge in [-0.3, -0.25) is 4.99 Å². The van der Waals surface area contributed by atoms with Crippen LogP contribution >= 0.6 is 11.8 Å². The van der Waals surface area contributed by atoms with Crippen molar-refractivity contribution in [1.82, 2.24) is 10.6 Å². The number of thioether (sulfide) groups is 1. The first kappa shape index (κ1) is 16.7. The molecule has 0 radical (unpaired) electrons. The van der Waals surface area contributed by atoms with E-state index >= 15 is 0 Å². The SMILES string of the molecule is CCNC(=NCCc1ccco1)NC1CCOC2(CCSC2)C1. The van der Waals surface area contributed by atoms with Crippen LogP contribution in [-0.4, -0.2) is 48.8 Å². The van der Waals surface area contributed by atoms with Crippen LogP contribution < -0.4 is 10.6 Å². The number of hydrogen-bond donors (Lipinski definition) is 2. The normalized spacial score (nSPS) is 28.2. The minimum Gasteiger partial charge on any atom is -0.469 e. The van der Waals surface area contributed by atoms with Gasteiger partial charge in [-0.25, -0.2) is 0 Å². The first-order chi connectivity index (χ1) is 11.3. The molecular weight excluding hydrogens is 310 g/mol. The molecule has 23 heavy (non-hydrogen) atoms. The van der Waals surface area contributed by atoms with Gasteiger partial charge in [0.15, 0.2) is 5.96 Å². The molecule has 0 bridgehead atoms. The number of furan rings is 1. The van der Waals surface area contributed by atoms with Gasteiger partial charge >= 0.3 is 0 Å². The zero-order valence-electron chi connectivity index (χ0n) is 13.8. The predicted molar refractivity (Wildman–Crippen MR) is 95.2 cm³/mol. The zero-order valence-corrected chi connectivity index (χ0v) is 14.7. The summed E-state index contributed by atoms with van der Waals surface area (Å²) in [6.07, 6.45) is 5.86. The minimum absolute atomic E-state index is 0.103. The van der Waals surface area contributed by atoms with Crippen LogP contribution in [0.15, 0.2) is 27.8 Å². The van der Waals surface area contributed by atoms with E-state index in [9.17, 15) is 0 Å². The lowest BCUT2D eigenvalue weighted by atomic mass is 9.90. The molecule has 2 unspecified atom stereocenters. The molecule has 0 aliphatic carbocycles. The topological polar surface area (TPSA) is 58.8 Å². The second kappa shape index (κ2) is 8.11. The monoisotopic (exact) mass is 337 g/mol. The number of ether oxygens (including phenoxy) is 1. The van der Waals surface area contributed by atoms with Crippen LogP contribution in [-0.2, 0) is 11.2 Å². The quantitative estimate of drug-likeness (QED) is 0.638. The molecule has 2 aliphatic rings. The van der Waals surface area contributed by atoms with E-state index in [1.165, 1.54) is 12.2 Å². The molecule has 2 saturated heterocycles. The molecule has 3 rings (SSSR count). The predicted octanol–water partition coefficient (Wildman–Crippen LogP) is 2.43. The Balaban J connectivity index is 1.53. The molecule has 6 heteroatoms. The average Bonchev–Trinajstić information content (AvgIpc) is 3.20. The van der Waals surface area contributed by atoms with Gasteiger partial charge in [-0.15, -0.1) is 0 Å². The highest BCUT2D eigenvalue weighted by atomic mass is 32.2. The lowest BCUT2D eigenvalue weighted by Crippen LogP contribution is -2.51. The van der Waals surface area contributed by atoms with Crippen molar-refractivity contribution in [1.29, 1.82) is 0 Å². The summed E-state index contributed by atoms with van der Waals surface area (Å²) >= 11 is 2.01. The lowest BCUT2D eigenvalue weighted by Gasteiger charge is -2.38. The van der Waals surface area contributed by atoms with Crippen LogP contribution in [0.5, 0.6) is 0 Å². The van der Waals surface area contributed by atoms with E-state index in [-0.39, 0.29) is 5.60 Å². The second-order valence-electron chi connectivity index (χ2n) is 6.26. The third-order valence-corrected chi connectivity index (χ3v) is 5.68. The van der Waals surface area contributed by atoms with Crippen LogP contribution in [0.2, 0.25) is 0 Å². The highest BCUT2D eigenvalue weighted by molar-refractivity contribution is 7.99. The Morgan fingerprint density at radius 2 is 2.48 bits per heavy atom. The maximum atomic E-state index is 6.09. The molecule has 0 amide bonds. The van der Waals surface area contributed by atoms with Crippen molar-refractivity contribution in [2.45, 2.75) is 44.2 Å². The van der Waals surface area contributed by atoms with Crippen LogP contribution in [0, 0.1) is 0 Å². The molecule has 128 valence electrons. The molecule has 2 aliphatic heterocycles. The summed E-state index contributed by atoms with van der Waals surface area (Å²) in [5.41, 5.74) is 0.103. The average molecular weight is 337 g/mol. The molecule has 2 fully saturated rings. The number of nitrogens with one attached hydrogen (secondary N) is 2. The summed E-state index contributed by atoms with van der Waals surface area (Å²) < 4.78 is 11.5. The molecule has 1 spiro atoms. The summed E-state index contributed by atoms with van der Waals surface area (Å²) in [7, 11) is 0. The van der Waals surface area contributed by atoms with E-state index in [4.69, 9.17) is 9.15 Å². The van der Waals surface area contributed by atoms with E-state index in [1.54, 1.807) is 6.26 Å². The van der Waals surface area contributed by atoms with E-state index in [2.05, 4.69) is 22.5 Å². The Kier molecular flexibility index (Phi) is 5.89. The Hall–Kier alpha value is -1.14. The van der Waals surface area contributed by atoms with E-state index in [0.717, 1.165) is 56.4 Å². The fourth-order valence-corrected chi connectivity index (χ4v) is 4.64. The van der Waals surface area contributed by atoms with E-state index in [0.29, 0.717) is 6.04 Å². The van der Waals surface area contributed by atoms with Crippen molar-refractivity contribution in [3.63, 3.8) is 0 Å². The molecule has 5 nitrogen and oxygen atoms in total. The third-order valence-electron chi connectivity index (χ3n) is 4.45. The van der Waals surface area contributed by atoms with Gasteiger partial charge in [0, 0.05) is 37.9 Å². The second-order valence-corrected chi connectivity index (χ2v) is 7.36. The fourth-order valence-electron chi connectivity index (χ4n) is 3.26. The molecular formula is C17H27N3O2S. The molecule has 0 aromatic carbocycles. The van der Waals surface area contributed by atoms with Gasteiger partial charge in [0.2, 0.25) is 0 Å². The maximum Gasteiger partial charge on any atom is 0.191 e. The van der Waals surface area contributed by atoms with Crippen molar-refractivity contribution in [3.8, 4) is 0 Å². The highest BCUT2D eigenvalue weighted by Crippen LogP contribution is 2.38. The Labute approximate surface area is 142 Å². The van der Waals surface area contributed by atoms with Crippen LogP contribution in [0.4, 0.5) is 0 Å². The third kappa shape index (κ3) is 4.67. The zero-order chi connectivity index (χ0) is 16.0. The Bertz CT molecular complexity index is 498. The summed E-state index contributed by atoms with van der Waals surface area (Å²) in [6.45, 7) is 4.55. The van der Waals surface area contributed by atoms with Crippen LogP contribution in [0.3, 0.4) is 0 Å². The number of guanidine groups is 1. The van der Waals surface area contributed by atoms with Gasteiger partial charge in [0.05, 0.1) is 11.9 Å². The van der Waals surface area contributed by atoms with Gasteiger partial charge in [0.25, 0.3) is 0 Å². The van der Waals surface area contributed by atoms with Crippen molar-refractivity contribution >= 4 is 17.7 Å². The first-order valence-electron chi connectivity index (χ1n) is 8.59. The number of hydrogen-bond acceptors (Lipinski definition) is 4. The lowest BCUT2D eigenvalue weighted by molar-refractivity contribution is -0.0679. The van der Waals surface area contributed by atoms with Crippen molar-refractivity contribution in [3.05, 3.63) is 24.2 Å².